The molecule has 0 bridgehead atoms. The number of likely N-dealkylation sites (tertiary alicyclic amines) is 1. The molecule has 0 amide bonds. The van der Waals surface area contributed by atoms with Crippen molar-refractivity contribution >= 4 is 0 Å². The van der Waals surface area contributed by atoms with E-state index >= 15 is 0 Å². The molecule has 2 rings (SSSR count). The molecule has 0 unspecified atom stereocenters. The van der Waals surface area contributed by atoms with Gasteiger partial charge < -0.3 is 9.84 Å². The van der Waals surface area contributed by atoms with Crippen LogP contribution in [-0.2, 0) is 6.54 Å². The van der Waals surface area contributed by atoms with E-state index in [4.69, 9.17) is 4.74 Å². The van der Waals surface area contributed by atoms with Crippen LogP contribution >= 0.6 is 0 Å². The van der Waals surface area contributed by atoms with E-state index in [9.17, 15) is 5.11 Å². The van der Waals surface area contributed by atoms with E-state index in [1.807, 2.05) is 12.1 Å². The number of para-hydroxylation sites is 1. The highest BCUT2D eigenvalue weighted by atomic mass is 16.5. The molecule has 1 aliphatic rings. The number of piperidine rings is 1. The predicted molar refractivity (Wildman–Crippen MR) is 68.3 cm³/mol. The number of hydrogen-bond acceptors (Lipinski definition) is 3. The Labute approximate surface area is 103 Å². The van der Waals surface area contributed by atoms with Gasteiger partial charge in [0.25, 0.3) is 0 Å². The maximum absolute atomic E-state index is 10.0. The molecule has 1 fully saturated rings. The van der Waals surface area contributed by atoms with Crippen molar-refractivity contribution in [2.24, 2.45) is 5.92 Å². The summed E-state index contributed by atoms with van der Waals surface area (Å²) in [4.78, 5) is 2.40. The average Bonchev–Trinajstić information content (AvgIpc) is 2.35. The van der Waals surface area contributed by atoms with E-state index < -0.39 is 0 Å². The Balaban J connectivity index is 2.03. The van der Waals surface area contributed by atoms with Crippen LogP contribution in [0.15, 0.2) is 18.2 Å². The van der Waals surface area contributed by atoms with Crippen molar-refractivity contribution in [1.82, 2.24) is 4.90 Å². The van der Waals surface area contributed by atoms with E-state index in [1.165, 1.54) is 12.8 Å². The third-order valence-electron chi connectivity index (χ3n) is 3.57. The quantitative estimate of drug-likeness (QED) is 0.874. The van der Waals surface area contributed by atoms with Crippen LogP contribution in [0.25, 0.3) is 0 Å². The van der Waals surface area contributed by atoms with Crippen LogP contribution < -0.4 is 4.74 Å². The maximum Gasteiger partial charge on any atom is 0.162 e. The van der Waals surface area contributed by atoms with Gasteiger partial charge in [-0.25, -0.2) is 0 Å². The first-order valence-electron chi connectivity index (χ1n) is 6.28. The van der Waals surface area contributed by atoms with E-state index in [-0.39, 0.29) is 5.75 Å². The van der Waals surface area contributed by atoms with Crippen LogP contribution in [0.2, 0.25) is 0 Å². The lowest BCUT2D eigenvalue weighted by molar-refractivity contribution is 0.183. The Morgan fingerprint density at radius 2 is 2.06 bits per heavy atom. The van der Waals surface area contributed by atoms with Crippen LogP contribution in [0.1, 0.15) is 25.3 Å². The van der Waals surface area contributed by atoms with Crippen molar-refractivity contribution in [3.63, 3.8) is 0 Å². The van der Waals surface area contributed by atoms with Gasteiger partial charge in [-0.3, -0.25) is 4.90 Å². The van der Waals surface area contributed by atoms with Gasteiger partial charge in [0, 0.05) is 12.1 Å². The summed E-state index contributed by atoms with van der Waals surface area (Å²) in [6, 6.07) is 5.69. The summed E-state index contributed by atoms with van der Waals surface area (Å²) in [5.74, 6) is 1.69. The molecule has 1 aromatic rings. The highest BCUT2D eigenvalue weighted by molar-refractivity contribution is 5.45. The standard InChI is InChI=1S/C14H21NO2/c1-11-6-8-15(9-7-11)10-12-4-3-5-13(17-2)14(12)16/h3-5,11,16H,6-10H2,1-2H3. The first-order chi connectivity index (χ1) is 8.20. The molecular weight excluding hydrogens is 214 g/mol. The largest absolute Gasteiger partial charge is 0.504 e. The molecule has 1 heterocycles. The number of phenols is 1. The van der Waals surface area contributed by atoms with Crippen molar-refractivity contribution in [2.45, 2.75) is 26.3 Å². The first-order valence-corrected chi connectivity index (χ1v) is 6.28. The summed E-state index contributed by atoms with van der Waals surface area (Å²) in [5, 5.41) is 10.0. The van der Waals surface area contributed by atoms with Crippen molar-refractivity contribution in [3.05, 3.63) is 23.8 Å². The lowest BCUT2D eigenvalue weighted by atomic mass is 9.99. The van der Waals surface area contributed by atoms with Crippen LogP contribution in [0.3, 0.4) is 0 Å². The topological polar surface area (TPSA) is 32.7 Å². The van der Waals surface area contributed by atoms with Crippen molar-refractivity contribution in [3.8, 4) is 11.5 Å². The number of benzene rings is 1. The van der Waals surface area contributed by atoms with E-state index in [1.54, 1.807) is 13.2 Å². The Morgan fingerprint density at radius 1 is 1.35 bits per heavy atom. The average molecular weight is 235 g/mol. The fourth-order valence-corrected chi connectivity index (χ4v) is 2.32. The van der Waals surface area contributed by atoms with Gasteiger partial charge in [0.1, 0.15) is 0 Å². The summed E-state index contributed by atoms with van der Waals surface area (Å²) in [7, 11) is 1.58. The monoisotopic (exact) mass is 235 g/mol. The van der Waals surface area contributed by atoms with Crippen LogP contribution in [0, 0.1) is 5.92 Å². The molecule has 94 valence electrons. The molecule has 3 nitrogen and oxygen atoms in total. The lowest BCUT2D eigenvalue weighted by Crippen LogP contribution is -2.32. The molecule has 17 heavy (non-hydrogen) atoms. The number of rotatable bonds is 3. The Morgan fingerprint density at radius 3 is 2.71 bits per heavy atom. The van der Waals surface area contributed by atoms with E-state index in [0.29, 0.717) is 5.75 Å². The van der Waals surface area contributed by atoms with Gasteiger partial charge in [0.2, 0.25) is 0 Å². The highest BCUT2D eigenvalue weighted by Gasteiger charge is 2.17. The molecule has 1 saturated heterocycles. The van der Waals surface area contributed by atoms with Crippen LogP contribution in [0.5, 0.6) is 11.5 Å². The second kappa shape index (κ2) is 5.41. The zero-order valence-electron chi connectivity index (χ0n) is 10.6. The minimum atomic E-state index is 0.286. The SMILES string of the molecule is COc1cccc(CN2CCC(C)CC2)c1O. The van der Waals surface area contributed by atoms with Crippen LogP contribution in [-0.4, -0.2) is 30.2 Å². The molecule has 1 aromatic carbocycles. The second-order valence-electron chi connectivity index (χ2n) is 4.93. The molecular formula is C14H21NO2. The van der Waals surface area contributed by atoms with Crippen LogP contribution in [0.4, 0.5) is 0 Å². The van der Waals surface area contributed by atoms with Gasteiger partial charge >= 0.3 is 0 Å². The van der Waals surface area contributed by atoms with E-state index in [2.05, 4.69) is 11.8 Å². The fraction of sp³-hybridized carbons (Fsp3) is 0.571. The molecule has 1 N–H and O–H groups in total. The van der Waals surface area contributed by atoms with Gasteiger partial charge in [-0.05, 0) is 37.9 Å². The van der Waals surface area contributed by atoms with Gasteiger partial charge in [-0.15, -0.1) is 0 Å². The minimum Gasteiger partial charge on any atom is -0.504 e. The summed E-state index contributed by atoms with van der Waals surface area (Å²) < 4.78 is 5.12. The number of phenolic OH excluding ortho intramolecular Hbond substituents is 1. The van der Waals surface area contributed by atoms with Gasteiger partial charge in [-0.2, -0.15) is 0 Å². The molecule has 0 aromatic heterocycles. The fourth-order valence-electron chi connectivity index (χ4n) is 2.32. The second-order valence-corrected chi connectivity index (χ2v) is 4.93. The smallest absolute Gasteiger partial charge is 0.162 e. The molecule has 0 radical (unpaired) electrons. The third kappa shape index (κ3) is 2.91. The van der Waals surface area contributed by atoms with Crippen molar-refractivity contribution in [2.75, 3.05) is 20.2 Å². The lowest BCUT2D eigenvalue weighted by Gasteiger charge is -2.30. The number of nitrogens with zero attached hydrogens (tertiary/aromatic N) is 1. The molecule has 0 aliphatic carbocycles. The normalized spacial score (nSPS) is 18.2. The molecule has 0 saturated carbocycles. The molecule has 0 atom stereocenters. The molecule has 3 heteroatoms. The zero-order valence-corrected chi connectivity index (χ0v) is 10.6. The van der Waals surface area contributed by atoms with Crippen molar-refractivity contribution < 1.29 is 9.84 Å². The van der Waals surface area contributed by atoms with Crippen molar-refractivity contribution in [1.29, 1.82) is 0 Å². The first kappa shape index (κ1) is 12.2. The zero-order chi connectivity index (χ0) is 12.3. The summed E-state index contributed by atoms with van der Waals surface area (Å²) in [5.41, 5.74) is 0.957. The number of ether oxygens (including phenoxy) is 1. The minimum absolute atomic E-state index is 0.286. The number of methoxy groups -OCH3 is 1. The van der Waals surface area contributed by atoms with Gasteiger partial charge in [0.15, 0.2) is 11.5 Å². The Kier molecular flexibility index (Phi) is 3.89. The molecule has 1 aliphatic heterocycles. The highest BCUT2D eigenvalue weighted by Crippen LogP contribution is 2.31. The Hall–Kier alpha value is -1.22. The van der Waals surface area contributed by atoms with Gasteiger partial charge in [-0.1, -0.05) is 19.1 Å². The predicted octanol–water partition coefficient (Wildman–Crippen LogP) is 2.63. The summed E-state index contributed by atoms with van der Waals surface area (Å²) in [6.07, 6.45) is 2.51. The van der Waals surface area contributed by atoms with E-state index in [0.717, 1.165) is 31.1 Å². The maximum atomic E-state index is 10.0. The third-order valence-corrected chi connectivity index (χ3v) is 3.57. The Bertz CT molecular complexity index is 370. The summed E-state index contributed by atoms with van der Waals surface area (Å²) >= 11 is 0. The summed E-state index contributed by atoms with van der Waals surface area (Å²) in [6.45, 7) is 5.37. The number of aromatic hydroxyl groups is 1. The van der Waals surface area contributed by atoms with Gasteiger partial charge in [0.05, 0.1) is 7.11 Å². The molecule has 0 spiro atoms. The number of hydrogen-bond donors (Lipinski definition) is 1.